The van der Waals surface area contributed by atoms with Gasteiger partial charge in [-0.15, -0.1) is 11.8 Å². The Morgan fingerprint density at radius 2 is 1.66 bits per heavy atom. The first-order valence-electron chi connectivity index (χ1n) is 9.40. The van der Waals surface area contributed by atoms with Gasteiger partial charge in [-0.25, -0.2) is 4.68 Å². The molecule has 1 saturated heterocycles. The Bertz CT molecular complexity index is 1100. The minimum absolute atomic E-state index is 0.0539. The van der Waals surface area contributed by atoms with Crippen LogP contribution in [0.3, 0.4) is 0 Å². The fourth-order valence-corrected chi connectivity index (χ4v) is 4.94. The van der Waals surface area contributed by atoms with Gasteiger partial charge >= 0.3 is 0 Å². The molecular weight excluding hydrogens is 386 g/mol. The van der Waals surface area contributed by atoms with Crippen molar-refractivity contribution in [2.75, 3.05) is 12.0 Å². The molecule has 1 aliphatic heterocycles. The van der Waals surface area contributed by atoms with Gasteiger partial charge in [0.25, 0.3) is 5.56 Å². The number of hydrogen-bond donors (Lipinski definition) is 0. The molecule has 0 N–H and O–H groups in total. The third kappa shape index (κ3) is 3.15. The number of aromatic nitrogens is 2. The maximum atomic E-state index is 13.4. The first-order chi connectivity index (χ1) is 13.9. The van der Waals surface area contributed by atoms with Crippen LogP contribution in [0.25, 0.3) is 5.69 Å². The fraction of sp³-hybridized carbons (Fsp3) is 0.273. The van der Waals surface area contributed by atoms with Gasteiger partial charge in [0.2, 0.25) is 5.91 Å². The molecule has 0 radical (unpaired) electrons. The van der Waals surface area contributed by atoms with E-state index < -0.39 is 0 Å². The van der Waals surface area contributed by atoms with E-state index in [0.29, 0.717) is 5.69 Å². The summed E-state index contributed by atoms with van der Waals surface area (Å²) in [5.41, 5.74) is 2.71. The summed E-state index contributed by atoms with van der Waals surface area (Å²) in [5, 5.41) is -0.493. The number of ether oxygens (including phenoxy) is 1. The largest absolute Gasteiger partial charge is 0.497 e. The zero-order valence-electron chi connectivity index (χ0n) is 16.8. The molecule has 4 rings (SSSR count). The molecule has 3 aromatic rings. The molecule has 0 bridgehead atoms. The molecule has 150 valence electrons. The summed E-state index contributed by atoms with van der Waals surface area (Å²) >= 11 is 1.55. The van der Waals surface area contributed by atoms with Gasteiger partial charge in [-0.1, -0.05) is 30.3 Å². The van der Waals surface area contributed by atoms with Crippen LogP contribution in [0.4, 0.5) is 5.69 Å². The number of carbonyl (C=O) groups is 1. The van der Waals surface area contributed by atoms with Crippen molar-refractivity contribution in [1.82, 2.24) is 9.36 Å². The summed E-state index contributed by atoms with van der Waals surface area (Å²) < 4.78 is 8.66. The molecule has 2 atom stereocenters. The highest BCUT2D eigenvalue weighted by Gasteiger charge is 2.42. The highest BCUT2D eigenvalue weighted by molar-refractivity contribution is 8.01. The number of thioether (sulfide) groups is 1. The number of benzene rings is 2. The van der Waals surface area contributed by atoms with E-state index in [1.165, 1.54) is 0 Å². The molecule has 1 amide bonds. The number of hydrogen-bond acceptors (Lipinski definition) is 4. The lowest BCUT2D eigenvalue weighted by Crippen LogP contribution is -2.34. The van der Waals surface area contributed by atoms with Crippen LogP contribution in [0, 0.1) is 6.92 Å². The second-order valence-electron chi connectivity index (χ2n) is 7.02. The van der Waals surface area contributed by atoms with Gasteiger partial charge in [-0.3, -0.25) is 19.2 Å². The van der Waals surface area contributed by atoms with Crippen molar-refractivity contribution in [2.45, 2.75) is 24.5 Å². The molecule has 7 heteroatoms. The van der Waals surface area contributed by atoms with Gasteiger partial charge in [0.15, 0.2) is 0 Å². The van der Waals surface area contributed by atoms with Crippen molar-refractivity contribution in [1.29, 1.82) is 0 Å². The second kappa shape index (κ2) is 7.48. The van der Waals surface area contributed by atoms with Crippen LogP contribution < -0.4 is 15.2 Å². The molecule has 29 heavy (non-hydrogen) atoms. The first kappa shape index (κ1) is 19.4. The Labute approximate surface area is 173 Å². The molecule has 2 heterocycles. The van der Waals surface area contributed by atoms with E-state index in [1.54, 1.807) is 33.1 Å². The normalized spacial score (nSPS) is 19.0. The molecule has 2 aromatic carbocycles. The molecule has 1 aliphatic rings. The lowest BCUT2D eigenvalue weighted by molar-refractivity contribution is -0.117. The Balaban J connectivity index is 1.85. The number of anilines is 1. The SMILES string of the molecule is COc1ccc([C@H]2S[C@H](C)C(=O)N2c2c(C)n(C)n(-c3ccccc3)c2=O)cc1. The molecule has 0 saturated carbocycles. The molecule has 0 aliphatic carbocycles. The number of carbonyl (C=O) groups excluding carboxylic acids is 1. The van der Waals surface area contributed by atoms with E-state index in [2.05, 4.69) is 0 Å². The molecule has 6 nitrogen and oxygen atoms in total. The van der Waals surface area contributed by atoms with Gasteiger partial charge in [0.05, 0.1) is 23.7 Å². The maximum Gasteiger partial charge on any atom is 0.295 e. The summed E-state index contributed by atoms with van der Waals surface area (Å²) in [6.45, 7) is 3.76. The Morgan fingerprint density at radius 1 is 1.00 bits per heavy atom. The summed E-state index contributed by atoms with van der Waals surface area (Å²) in [4.78, 5) is 28.2. The van der Waals surface area contributed by atoms with Crippen LogP contribution in [-0.2, 0) is 11.8 Å². The average Bonchev–Trinajstić information content (AvgIpc) is 3.15. The van der Waals surface area contributed by atoms with Crippen molar-refractivity contribution in [3.8, 4) is 11.4 Å². The minimum atomic E-state index is -0.263. The number of methoxy groups -OCH3 is 1. The second-order valence-corrected chi connectivity index (χ2v) is 8.45. The minimum Gasteiger partial charge on any atom is -0.497 e. The van der Waals surface area contributed by atoms with Gasteiger partial charge < -0.3 is 4.74 Å². The van der Waals surface area contributed by atoms with Crippen LogP contribution in [0.15, 0.2) is 59.4 Å². The number of amides is 1. The molecule has 1 fully saturated rings. The summed E-state index contributed by atoms with van der Waals surface area (Å²) in [7, 11) is 3.46. The Hall–Kier alpha value is -2.93. The van der Waals surface area contributed by atoms with Crippen molar-refractivity contribution < 1.29 is 9.53 Å². The lowest BCUT2D eigenvalue weighted by Gasteiger charge is -2.23. The van der Waals surface area contributed by atoms with E-state index >= 15 is 0 Å². The standard InChI is InChI=1S/C22H23N3O3S/c1-14-19(21(27)25(23(14)3)17-8-6-5-7-9-17)24-20(26)15(2)29-22(24)16-10-12-18(28-4)13-11-16/h5-13,15,22H,1-4H3/t15-,22-/m1/s1. The predicted octanol–water partition coefficient (Wildman–Crippen LogP) is 3.66. The van der Waals surface area contributed by atoms with Crippen LogP contribution in [-0.4, -0.2) is 27.6 Å². The molecule has 0 unspecified atom stereocenters. The molecule has 1 aromatic heterocycles. The topological polar surface area (TPSA) is 56.5 Å². The predicted molar refractivity (Wildman–Crippen MR) is 116 cm³/mol. The van der Waals surface area contributed by atoms with Gasteiger partial charge in [0, 0.05) is 7.05 Å². The molecule has 0 spiro atoms. The Kier molecular flexibility index (Phi) is 5.00. The van der Waals surface area contributed by atoms with Gasteiger partial charge in [-0.05, 0) is 43.7 Å². The van der Waals surface area contributed by atoms with Crippen molar-refractivity contribution in [3.63, 3.8) is 0 Å². The van der Waals surface area contributed by atoms with Crippen LogP contribution in [0.1, 0.15) is 23.6 Å². The summed E-state index contributed by atoms with van der Waals surface area (Å²) in [5.74, 6) is 0.701. The molecular formula is C22H23N3O3S. The van der Waals surface area contributed by atoms with Gasteiger partial charge in [0.1, 0.15) is 16.8 Å². The van der Waals surface area contributed by atoms with E-state index in [1.807, 2.05) is 75.5 Å². The lowest BCUT2D eigenvalue weighted by atomic mass is 10.1. The number of para-hydroxylation sites is 1. The van der Waals surface area contributed by atoms with Crippen molar-refractivity contribution in [2.24, 2.45) is 7.05 Å². The highest BCUT2D eigenvalue weighted by Crippen LogP contribution is 2.45. The third-order valence-corrected chi connectivity index (χ3v) is 6.67. The fourth-order valence-electron chi connectivity index (χ4n) is 3.68. The smallest absolute Gasteiger partial charge is 0.295 e. The average molecular weight is 410 g/mol. The zero-order chi connectivity index (χ0) is 20.7. The van der Waals surface area contributed by atoms with Crippen LogP contribution in [0.5, 0.6) is 5.75 Å². The third-order valence-electron chi connectivity index (χ3n) is 5.32. The highest BCUT2D eigenvalue weighted by atomic mass is 32.2. The van der Waals surface area contributed by atoms with Crippen molar-refractivity contribution in [3.05, 3.63) is 76.2 Å². The van der Waals surface area contributed by atoms with Crippen LogP contribution in [0.2, 0.25) is 0 Å². The number of nitrogens with zero attached hydrogens (tertiary/aromatic N) is 3. The number of rotatable bonds is 4. The van der Waals surface area contributed by atoms with E-state index in [9.17, 15) is 9.59 Å². The first-order valence-corrected chi connectivity index (χ1v) is 10.3. The van der Waals surface area contributed by atoms with Crippen molar-refractivity contribution >= 4 is 23.4 Å². The maximum absolute atomic E-state index is 13.4. The van der Waals surface area contributed by atoms with Gasteiger partial charge in [-0.2, -0.15) is 0 Å². The van der Waals surface area contributed by atoms with E-state index in [4.69, 9.17) is 4.74 Å². The van der Waals surface area contributed by atoms with Crippen LogP contribution >= 0.6 is 11.8 Å². The quantitative estimate of drug-likeness (QED) is 0.660. The van der Waals surface area contributed by atoms with E-state index in [0.717, 1.165) is 22.7 Å². The summed E-state index contributed by atoms with van der Waals surface area (Å²) in [6.07, 6.45) is 0. The Morgan fingerprint density at radius 3 is 2.28 bits per heavy atom. The monoisotopic (exact) mass is 409 g/mol. The summed E-state index contributed by atoms with van der Waals surface area (Å²) in [6, 6.07) is 17.1. The van der Waals surface area contributed by atoms with E-state index in [-0.39, 0.29) is 22.1 Å². The zero-order valence-corrected chi connectivity index (χ0v) is 17.6.